The van der Waals surface area contributed by atoms with Gasteiger partial charge in [0.05, 0.1) is 7.11 Å². The van der Waals surface area contributed by atoms with Crippen molar-refractivity contribution in [3.05, 3.63) is 96.1 Å². The van der Waals surface area contributed by atoms with Crippen LogP contribution in [0.3, 0.4) is 0 Å². The molecule has 6 heteroatoms. The highest BCUT2D eigenvalue weighted by Gasteiger charge is 2.23. The maximum Gasteiger partial charge on any atom is 0.315 e. The summed E-state index contributed by atoms with van der Waals surface area (Å²) in [5.41, 5.74) is 2.42. The van der Waals surface area contributed by atoms with Crippen molar-refractivity contribution in [1.82, 2.24) is 10.6 Å². The predicted molar refractivity (Wildman–Crippen MR) is 122 cm³/mol. The maximum atomic E-state index is 12.9. The van der Waals surface area contributed by atoms with Crippen molar-refractivity contribution >= 4 is 17.6 Å². The van der Waals surface area contributed by atoms with Crippen molar-refractivity contribution in [1.29, 1.82) is 0 Å². The Bertz CT molecular complexity index is 993. The van der Waals surface area contributed by atoms with E-state index in [1.807, 2.05) is 79.7 Å². The summed E-state index contributed by atoms with van der Waals surface area (Å²) in [5.74, 6) is 0.462. The van der Waals surface area contributed by atoms with Crippen molar-refractivity contribution in [2.75, 3.05) is 12.4 Å². The van der Waals surface area contributed by atoms with Crippen molar-refractivity contribution in [2.45, 2.75) is 25.4 Å². The molecule has 0 aliphatic carbocycles. The van der Waals surface area contributed by atoms with E-state index in [0.29, 0.717) is 17.7 Å². The average molecular weight is 418 g/mol. The van der Waals surface area contributed by atoms with E-state index < -0.39 is 12.1 Å². The first-order valence-electron chi connectivity index (χ1n) is 10.2. The van der Waals surface area contributed by atoms with Gasteiger partial charge in [-0.1, -0.05) is 60.7 Å². The summed E-state index contributed by atoms with van der Waals surface area (Å²) in [6.45, 7) is 1.92. The zero-order valence-electron chi connectivity index (χ0n) is 17.7. The lowest BCUT2D eigenvalue weighted by Gasteiger charge is -2.21. The van der Waals surface area contributed by atoms with Gasteiger partial charge in [-0.2, -0.15) is 0 Å². The Balaban J connectivity index is 1.65. The van der Waals surface area contributed by atoms with E-state index in [0.717, 1.165) is 11.3 Å². The van der Waals surface area contributed by atoms with Crippen LogP contribution in [0.4, 0.5) is 10.5 Å². The fourth-order valence-corrected chi connectivity index (χ4v) is 3.28. The molecule has 3 rings (SSSR count). The van der Waals surface area contributed by atoms with E-state index in [9.17, 15) is 9.59 Å². The minimum Gasteiger partial charge on any atom is -0.497 e. The second-order valence-corrected chi connectivity index (χ2v) is 7.27. The number of ether oxygens (including phenoxy) is 1. The second-order valence-electron chi connectivity index (χ2n) is 7.27. The van der Waals surface area contributed by atoms with Gasteiger partial charge in [0, 0.05) is 11.7 Å². The summed E-state index contributed by atoms with van der Waals surface area (Å²) in [5, 5.41) is 8.58. The summed E-state index contributed by atoms with van der Waals surface area (Å²) in [7, 11) is 1.62. The molecule has 2 atom stereocenters. The van der Waals surface area contributed by atoms with Crippen LogP contribution >= 0.6 is 0 Å². The van der Waals surface area contributed by atoms with Crippen LogP contribution in [0, 0.1) is 0 Å². The third-order valence-electron chi connectivity index (χ3n) is 4.77. The molecule has 0 spiro atoms. The number of amides is 3. The van der Waals surface area contributed by atoms with E-state index >= 15 is 0 Å². The van der Waals surface area contributed by atoms with Gasteiger partial charge in [0.25, 0.3) is 5.91 Å². The molecule has 6 nitrogen and oxygen atoms in total. The molecule has 0 aliphatic heterocycles. The number of benzene rings is 3. The summed E-state index contributed by atoms with van der Waals surface area (Å²) >= 11 is 0. The highest BCUT2D eigenvalue weighted by atomic mass is 16.5. The zero-order valence-corrected chi connectivity index (χ0v) is 17.7. The standard InChI is InChI=1S/C25H27N3O3/c1-18(16-19-10-9-15-22(17-19)31-2)26-25(30)28-23(20-11-5-3-6-12-20)24(29)27-21-13-7-4-8-14-21/h3-15,17-18,23H,16H2,1-2H3,(H,27,29)(H2,26,28,30). The lowest BCUT2D eigenvalue weighted by molar-refractivity contribution is -0.118. The minimum atomic E-state index is -0.828. The summed E-state index contributed by atoms with van der Waals surface area (Å²) in [6, 6.07) is 24.7. The second kappa shape index (κ2) is 10.8. The SMILES string of the molecule is COc1cccc(CC(C)NC(=O)NC(C(=O)Nc2ccccc2)c2ccccc2)c1. The van der Waals surface area contributed by atoms with E-state index in [4.69, 9.17) is 4.74 Å². The molecule has 3 aromatic carbocycles. The lowest BCUT2D eigenvalue weighted by Crippen LogP contribution is -2.46. The molecule has 3 aromatic rings. The van der Waals surface area contributed by atoms with Crippen LogP contribution in [-0.2, 0) is 11.2 Å². The van der Waals surface area contributed by atoms with Gasteiger partial charge in [-0.25, -0.2) is 4.79 Å². The van der Waals surface area contributed by atoms with Gasteiger partial charge < -0.3 is 20.7 Å². The Morgan fingerprint density at radius 1 is 0.871 bits per heavy atom. The fourth-order valence-electron chi connectivity index (χ4n) is 3.28. The smallest absolute Gasteiger partial charge is 0.315 e. The first kappa shape index (κ1) is 21.9. The predicted octanol–water partition coefficient (Wildman–Crippen LogP) is 4.31. The Morgan fingerprint density at radius 2 is 1.55 bits per heavy atom. The molecule has 0 saturated carbocycles. The number of hydrogen-bond acceptors (Lipinski definition) is 3. The van der Waals surface area contributed by atoms with Gasteiger partial charge in [0.1, 0.15) is 11.8 Å². The van der Waals surface area contributed by atoms with Gasteiger partial charge >= 0.3 is 6.03 Å². The van der Waals surface area contributed by atoms with Gasteiger partial charge in [-0.15, -0.1) is 0 Å². The van der Waals surface area contributed by atoms with Crippen LogP contribution in [0.25, 0.3) is 0 Å². The molecule has 31 heavy (non-hydrogen) atoms. The maximum absolute atomic E-state index is 12.9. The first-order chi connectivity index (χ1) is 15.0. The molecule has 160 valence electrons. The number of carbonyl (C=O) groups is 2. The molecular weight excluding hydrogens is 390 g/mol. The van der Waals surface area contributed by atoms with Gasteiger partial charge in [0.2, 0.25) is 0 Å². The molecule has 0 radical (unpaired) electrons. The monoisotopic (exact) mass is 417 g/mol. The summed E-state index contributed by atoms with van der Waals surface area (Å²) in [4.78, 5) is 25.6. The number of hydrogen-bond donors (Lipinski definition) is 3. The molecule has 3 amide bonds. The molecule has 0 fully saturated rings. The zero-order chi connectivity index (χ0) is 22.1. The molecular formula is C25H27N3O3. The van der Waals surface area contributed by atoms with Crippen molar-refractivity contribution in [3.8, 4) is 5.75 Å². The number of methoxy groups -OCH3 is 1. The molecule has 0 bridgehead atoms. The van der Waals surface area contributed by atoms with E-state index in [1.165, 1.54) is 0 Å². The number of urea groups is 1. The van der Waals surface area contributed by atoms with Crippen molar-refractivity contribution in [2.24, 2.45) is 0 Å². The molecule has 3 N–H and O–H groups in total. The normalized spacial score (nSPS) is 12.3. The highest BCUT2D eigenvalue weighted by molar-refractivity contribution is 5.97. The molecule has 0 aromatic heterocycles. The molecule has 0 aliphatic rings. The first-order valence-corrected chi connectivity index (χ1v) is 10.2. The highest BCUT2D eigenvalue weighted by Crippen LogP contribution is 2.17. The van der Waals surface area contributed by atoms with Gasteiger partial charge in [0.15, 0.2) is 0 Å². The Labute approximate surface area is 182 Å². The van der Waals surface area contributed by atoms with Crippen LogP contribution in [0.15, 0.2) is 84.9 Å². The third kappa shape index (κ3) is 6.60. The van der Waals surface area contributed by atoms with Gasteiger partial charge in [-0.3, -0.25) is 4.79 Å². The van der Waals surface area contributed by atoms with Crippen LogP contribution < -0.4 is 20.7 Å². The Kier molecular flexibility index (Phi) is 7.65. The van der Waals surface area contributed by atoms with E-state index in [-0.39, 0.29) is 11.9 Å². The Hall–Kier alpha value is -3.80. The largest absolute Gasteiger partial charge is 0.497 e. The Morgan fingerprint density at radius 3 is 2.23 bits per heavy atom. The molecule has 0 saturated heterocycles. The van der Waals surface area contributed by atoms with Crippen LogP contribution in [-0.4, -0.2) is 25.1 Å². The third-order valence-corrected chi connectivity index (χ3v) is 4.77. The number of anilines is 1. The number of para-hydroxylation sites is 1. The molecule has 2 unspecified atom stereocenters. The van der Waals surface area contributed by atoms with Gasteiger partial charge in [-0.05, 0) is 48.7 Å². The lowest BCUT2D eigenvalue weighted by atomic mass is 10.1. The number of carbonyl (C=O) groups excluding carboxylic acids is 2. The topological polar surface area (TPSA) is 79.5 Å². The van der Waals surface area contributed by atoms with Crippen molar-refractivity contribution in [3.63, 3.8) is 0 Å². The summed E-state index contributed by atoms with van der Waals surface area (Å²) in [6.07, 6.45) is 0.636. The van der Waals surface area contributed by atoms with Crippen LogP contribution in [0.5, 0.6) is 5.75 Å². The average Bonchev–Trinajstić information content (AvgIpc) is 2.78. The number of rotatable bonds is 8. The fraction of sp³-hybridized carbons (Fsp3) is 0.200. The quantitative estimate of drug-likeness (QED) is 0.511. The van der Waals surface area contributed by atoms with Crippen LogP contribution in [0.2, 0.25) is 0 Å². The molecule has 0 heterocycles. The van der Waals surface area contributed by atoms with E-state index in [2.05, 4.69) is 16.0 Å². The van der Waals surface area contributed by atoms with E-state index in [1.54, 1.807) is 19.2 Å². The summed E-state index contributed by atoms with van der Waals surface area (Å²) < 4.78 is 5.25. The number of nitrogens with one attached hydrogen (secondary N) is 3. The van der Waals surface area contributed by atoms with Crippen LogP contribution in [0.1, 0.15) is 24.1 Å². The van der Waals surface area contributed by atoms with Crippen molar-refractivity contribution < 1.29 is 14.3 Å². The minimum absolute atomic E-state index is 0.138.